The first kappa shape index (κ1) is 35.7. The SMILES string of the molecule is C=C(C)C(=O)OCC(OP(=O)(OC(COC(=O)C(=C)C)C(C)C)OC(COC(=O)C(=C)C)C(C)C)C(C)C. The van der Waals surface area contributed by atoms with Crippen LogP contribution in [0.2, 0.25) is 0 Å². The van der Waals surface area contributed by atoms with E-state index in [4.69, 9.17) is 27.8 Å². The van der Waals surface area contributed by atoms with E-state index in [1.54, 1.807) is 41.5 Å². The Labute approximate surface area is 227 Å². The lowest BCUT2D eigenvalue weighted by molar-refractivity contribution is -0.144. The van der Waals surface area contributed by atoms with Gasteiger partial charge in [0.05, 0.1) is 0 Å². The van der Waals surface area contributed by atoms with Crippen LogP contribution in [0.5, 0.6) is 0 Å². The molecule has 0 saturated heterocycles. The fourth-order valence-corrected chi connectivity index (χ4v) is 4.51. The van der Waals surface area contributed by atoms with Crippen LogP contribution < -0.4 is 0 Å². The molecule has 10 nitrogen and oxygen atoms in total. The van der Waals surface area contributed by atoms with Gasteiger partial charge in [-0.2, -0.15) is 0 Å². The van der Waals surface area contributed by atoms with Crippen molar-refractivity contribution in [3.05, 3.63) is 36.5 Å². The van der Waals surface area contributed by atoms with Gasteiger partial charge < -0.3 is 14.2 Å². The van der Waals surface area contributed by atoms with Crippen molar-refractivity contribution in [1.82, 2.24) is 0 Å². The lowest BCUT2D eigenvalue weighted by atomic mass is 10.1. The normalized spacial score (nSPS) is 15.4. The smallest absolute Gasteiger partial charge is 0.460 e. The number of phosphoric acid groups is 1. The Morgan fingerprint density at radius 2 is 0.763 bits per heavy atom. The zero-order chi connectivity index (χ0) is 29.8. The lowest BCUT2D eigenvalue weighted by Gasteiger charge is -2.33. The molecule has 0 spiro atoms. The second kappa shape index (κ2) is 16.6. The summed E-state index contributed by atoms with van der Waals surface area (Å²) < 4.78 is 47.5. The number of esters is 3. The van der Waals surface area contributed by atoms with Crippen molar-refractivity contribution < 1.29 is 46.7 Å². The molecule has 38 heavy (non-hydrogen) atoms. The molecule has 0 amide bonds. The third-order valence-electron chi connectivity index (χ3n) is 5.21. The third-order valence-corrected chi connectivity index (χ3v) is 6.79. The average Bonchev–Trinajstić information content (AvgIpc) is 2.80. The molecule has 0 aliphatic rings. The Kier molecular flexibility index (Phi) is 15.7. The van der Waals surface area contributed by atoms with Crippen molar-refractivity contribution in [2.45, 2.75) is 80.6 Å². The van der Waals surface area contributed by atoms with Gasteiger partial charge in [-0.05, 0) is 38.5 Å². The van der Waals surface area contributed by atoms with E-state index < -0.39 is 44.0 Å². The van der Waals surface area contributed by atoms with Gasteiger partial charge in [0.15, 0.2) is 0 Å². The fourth-order valence-electron chi connectivity index (χ4n) is 2.45. The number of hydrogen-bond donors (Lipinski definition) is 0. The summed E-state index contributed by atoms with van der Waals surface area (Å²) in [5.74, 6) is -2.71. The maximum absolute atomic E-state index is 14.2. The highest BCUT2D eigenvalue weighted by atomic mass is 31.2. The summed E-state index contributed by atoms with van der Waals surface area (Å²) in [6, 6.07) is 0. The van der Waals surface area contributed by atoms with Crippen LogP contribution in [0.4, 0.5) is 0 Å². The average molecular weight is 561 g/mol. The standard InChI is InChI=1S/C27H45O10P/c1-16(2)22(13-32-25(28)19(7)8)35-38(31,36-23(17(3)4)14-33-26(29)20(9)10)37-24(18(5)6)15-34-27(30)21(11)12/h16-18,22-24H,7,9,11,13-15H2,1-6,8,10,12H3. The zero-order valence-corrected chi connectivity index (χ0v) is 25.1. The van der Waals surface area contributed by atoms with Crippen LogP contribution in [0.25, 0.3) is 0 Å². The number of carbonyl (C=O) groups is 3. The van der Waals surface area contributed by atoms with Crippen LogP contribution in [0.3, 0.4) is 0 Å². The topological polar surface area (TPSA) is 124 Å². The molecule has 3 unspecified atom stereocenters. The summed E-state index contributed by atoms with van der Waals surface area (Å²) in [4.78, 5) is 35.9. The molecule has 0 fully saturated rings. The van der Waals surface area contributed by atoms with E-state index in [0.29, 0.717) is 0 Å². The first-order valence-electron chi connectivity index (χ1n) is 12.5. The molecule has 218 valence electrons. The van der Waals surface area contributed by atoms with Crippen LogP contribution in [0, 0.1) is 17.8 Å². The van der Waals surface area contributed by atoms with Crippen LogP contribution in [-0.2, 0) is 46.7 Å². The van der Waals surface area contributed by atoms with Crippen molar-refractivity contribution in [2.75, 3.05) is 19.8 Å². The molecule has 0 aromatic rings. The second-order valence-corrected chi connectivity index (χ2v) is 11.8. The van der Waals surface area contributed by atoms with Crippen molar-refractivity contribution in [3.63, 3.8) is 0 Å². The Balaban J connectivity index is 6.12. The number of phosphoric ester groups is 1. The first-order chi connectivity index (χ1) is 17.4. The van der Waals surface area contributed by atoms with Gasteiger partial charge in [0.1, 0.15) is 38.1 Å². The van der Waals surface area contributed by atoms with Crippen LogP contribution >= 0.6 is 7.82 Å². The van der Waals surface area contributed by atoms with Crippen LogP contribution in [0.1, 0.15) is 62.3 Å². The maximum atomic E-state index is 14.2. The highest BCUT2D eigenvalue weighted by molar-refractivity contribution is 7.48. The number of ether oxygens (including phenoxy) is 3. The van der Waals surface area contributed by atoms with Crippen LogP contribution in [0.15, 0.2) is 36.5 Å². The van der Waals surface area contributed by atoms with Crippen molar-refractivity contribution in [2.24, 2.45) is 17.8 Å². The first-order valence-corrected chi connectivity index (χ1v) is 14.0. The van der Waals surface area contributed by atoms with E-state index in [1.165, 1.54) is 20.8 Å². The van der Waals surface area contributed by atoms with Crippen molar-refractivity contribution >= 4 is 25.7 Å². The molecular formula is C27H45O10P. The molecule has 0 radical (unpaired) electrons. The summed E-state index contributed by atoms with van der Waals surface area (Å²) in [6.07, 6.45) is -2.66. The molecule has 0 N–H and O–H groups in total. The number of carbonyl (C=O) groups excluding carboxylic acids is 3. The summed E-state index contributed by atoms with van der Waals surface area (Å²) in [5, 5.41) is 0. The highest BCUT2D eigenvalue weighted by Crippen LogP contribution is 2.55. The van der Waals surface area contributed by atoms with Gasteiger partial charge in [0.2, 0.25) is 0 Å². The van der Waals surface area contributed by atoms with E-state index in [0.717, 1.165) is 0 Å². The van der Waals surface area contributed by atoms with Gasteiger partial charge in [-0.1, -0.05) is 61.3 Å². The Hall–Kier alpha value is -2.26. The number of rotatable bonds is 18. The largest absolute Gasteiger partial charge is 0.475 e. The molecule has 11 heteroatoms. The minimum atomic E-state index is -4.44. The Morgan fingerprint density at radius 1 is 0.553 bits per heavy atom. The van der Waals surface area contributed by atoms with Gasteiger partial charge in [-0.15, -0.1) is 0 Å². The molecule has 0 heterocycles. The predicted molar refractivity (Wildman–Crippen MR) is 144 cm³/mol. The predicted octanol–water partition coefficient (Wildman–Crippen LogP) is 5.58. The molecule has 0 bridgehead atoms. The monoisotopic (exact) mass is 560 g/mol. The van der Waals surface area contributed by atoms with E-state index in [2.05, 4.69) is 19.7 Å². The maximum Gasteiger partial charge on any atom is 0.475 e. The van der Waals surface area contributed by atoms with Gasteiger partial charge in [0, 0.05) is 16.7 Å². The number of hydrogen-bond acceptors (Lipinski definition) is 10. The summed E-state index contributed by atoms with van der Waals surface area (Å²) in [5.41, 5.74) is 0.588. The van der Waals surface area contributed by atoms with Gasteiger partial charge in [-0.3, -0.25) is 13.6 Å². The minimum Gasteiger partial charge on any atom is -0.460 e. The molecule has 0 saturated carbocycles. The molecule has 0 aliphatic heterocycles. The van der Waals surface area contributed by atoms with Gasteiger partial charge in [-0.25, -0.2) is 18.9 Å². The Bertz CT molecular complexity index is 791. The highest BCUT2D eigenvalue weighted by Gasteiger charge is 2.40. The summed E-state index contributed by atoms with van der Waals surface area (Å²) in [6.45, 7) is 25.1. The van der Waals surface area contributed by atoms with E-state index >= 15 is 0 Å². The van der Waals surface area contributed by atoms with E-state index in [1.807, 2.05) is 0 Å². The van der Waals surface area contributed by atoms with E-state index in [-0.39, 0.29) is 54.3 Å². The Morgan fingerprint density at radius 3 is 0.921 bits per heavy atom. The van der Waals surface area contributed by atoms with E-state index in [9.17, 15) is 18.9 Å². The molecule has 0 aliphatic carbocycles. The molecule has 3 atom stereocenters. The van der Waals surface area contributed by atoms with Crippen molar-refractivity contribution in [3.8, 4) is 0 Å². The summed E-state index contributed by atoms with van der Waals surface area (Å²) >= 11 is 0. The van der Waals surface area contributed by atoms with Crippen molar-refractivity contribution in [1.29, 1.82) is 0 Å². The second-order valence-electron chi connectivity index (χ2n) is 10.2. The quantitative estimate of drug-likeness (QED) is 0.0909. The van der Waals surface area contributed by atoms with Gasteiger partial charge >= 0.3 is 25.7 Å². The molecule has 0 aromatic heterocycles. The fraction of sp³-hybridized carbons (Fsp3) is 0.667. The summed E-state index contributed by atoms with van der Waals surface area (Å²) in [7, 11) is -4.44. The zero-order valence-electron chi connectivity index (χ0n) is 24.2. The molecule has 0 rings (SSSR count). The molecular weight excluding hydrogens is 515 g/mol. The third kappa shape index (κ3) is 13.5. The van der Waals surface area contributed by atoms with Crippen LogP contribution in [-0.4, -0.2) is 56.0 Å². The van der Waals surface area contributed by atoms with Gasteiger partial charge in [0.25, 0.3) is 0 Å². The minimum absolute atomic E-state index is 0.196. The molecule has 0 aromatic carbocycles. The lowest BCUT2D eigenvalue weighted by Crippen LogP contribution is -2.33.